The van der Waals surface area contributed by atoms with E-state index in [-0.39, 0.29) is 11.3 Å². The Hall–Kier alpha value is -0.0400. The van der Waals surface area contributed by atoms with E-state index in [4.69, 9.17) is 11.6 Å². The van der Waals surface area contributed by atoms with Crippen LogP contribution in [0, 0.1) is 11.8 Å². The molecule has 2 aliphatic rings. The largest absolute Gasteiger partial charge is 0.299 e. The first-order chi connectivity index (χ1) is 4.27. The fourth-order valence-corrected chi connectivity index (χ4v) is 2.52. The summed E-state index contributed by atoms with van der Waals surface area (Å²) >= 11 is 5.88. The number of hydrogen-bond acceptors (Lipinski definition) is 1. The molecule has 0 N–H and O–H groups in total. The van der Waals surface area contributed by atoms with Gasteiger partial charge in [0.15, 0.2) is 0 Å². The Labute approximate surface area is 59.4 Å². The van der Waals surface area contributed by atoms with Gasteiger partial charge in [-0.1, -0.05) is 0 Å². The normalized spacial score (nSPS) is 48.6. The Bertz CT molecular complexity index is 155. The third-order valence-corrected chi connectivity index (χ3v) is 2.97. The molecule has 0 radical (unpaired) electrons. The van der Waals surface area contributed by atoms with Crippen LogP contribution in [0.3, 0.4) is 0 Å². The van der Waals surface area contributed by atoms with E-state index < -0.39 is 0 Å². The minimum Gasteiger partial charge on any atom is -0.299 e. The highest BCUT2D eigenvalue weighted by Crippen LogP contribution is 2.44. The van der Waals surface area contributed by atoms with Crippen molar-refractivity contribution in [2.45, 2.75) is 24.6 Å². The molecule has 0 aromatic rings. The van der Waals surface area contributed by atoms with E-state index in [0.717, 1.165) is 19.3 Å². The molecule has 2 fully saturated rings. The number of Topliss-reactive ketones (excluding diaryl/α,β-unsaturated/α-hetero) is 1. The summed E-state index contributed by atoms with van der Waals surface area (Å²) in [5, 5.41) is 0.177. The van der Waals surface area contributed by atoms with E-state index >= 15 is 0 Å². The molecule has 9 heavy (non-hydrogen) atoms. The summed E-state index contributed by atoms with van der Waals surface area (Å²) in [6, 6.07) is 0. The van der Waals surface area contributed by atoms with Crippen LogP contribution in [-0.2, 0) is 4.79 Å². The molecule has 0 amide bonds. The van der Waals surface area contributed by atoms with Crippen molar-refractivity contribution < 1.29 is 4.79 Å². The Morgan fingerprint density at radius 2 is 2.22 bits per heavy atom. The predicted molar refractivity (Wildman–Crippen MR) is 35.5 cm³/mol. The Morgan fingerprint density at radius 1 is 1.44 bits per heavy atom. The molecular formula is C7H9ClO. The summed E-state index contributed by atoms with van der Waals surface area (Å²) in [7, 11) is 0. The molecule has 3 atom stereocenters. The molecule has 2 bridgehead atoms. The second-order valence-corrected chi connectivity index (χ2v) is 3.69. The lowest BCUT2D eigenvalue weighted by atomic mass is 9.99. The number of rotatable bonds is 0. The van der Waals surface area contributed by atoms with E-state index in [1.165, 1.54) is 0 Å². The summed E-state index contributed by atoms with van der Waals surface area (Å²) in [4.78, 5) is 11.0. The maximum atomic E-state index is 11.0. The fraction of sp³-hybridized carbons (Fsp3) is 0.857. The van der Waals surface area contributed by atoms with Crippen LogP contribution in [0.15, 0.2) is 0 Å². The van der Waals surface area contributed by atoms with Crippen molar-refractivity contribution in [2.75, 3.05) is 0 Å². The van der Waals surface area contributed by atoms with Gasteiger partial charge in [-0.05, 0) is 18.8 Å². The maximum absolute atomic E-state index is 11.0. The molecule has 0 aliphatic heterocycles. The average Bonchev–Trinajstić information content (AvgIpc) is 2.22. The molecule has 0 aromatic carbocycles. The minimum absolute atomic E-state index is 0.177. The number of ketones is 1. The van der Waals surface area contributed by atoms with Crippen LogP contribution in [0.2, 0.25) is 0 Å². The van der Waals surface area contributed by atoms with Crippen molar-refractivity contribution in [3.63, 3.8) is 0 Å². The van der Waals surface area contributed by atoms with E-state index in [1.807, 2.05) is 0 Å². The van der Waals surface area contributed by atoms with Crippen LogP contribution in [0.4, 0.5) is 0 Å². The highest BCUT2D eigenvalue weighted by Gasteiger charge is 2.44. The second-order valence-electron chi connectivity index (χ2n) is 3.13. The smallest absolute Gasteiger partial charge is 0.137 e. The summed E-state index contributed by atoms with van der Waals surface area (Å²) in [5.74, 6) is 1.29. The van der Waals surface area contributed by atoms with E-state index in [2.05, 4.69) is 0 Å². The van der Waals surface area contributed by atoms with Crippen molar-refractivity contribution in [3.8, 4) is 0 Å². The van der Waals surface area contributed by atoms with E-state index in [9.17, 15) is 4.79 Å². The Kier molecular flexibility index (Phi) is 1.10. The third-order valence-electron chi connectivity index (χ3n) is 2.49. The van der Waals surface area contributed by atoms with E-state index in [0.29, 0.717) is 11.7 Å². The van der Waals surface area contributed by atoms with Crippen molar-refractivity contribution in [2.24, 2.45) is 11.8 Å². The zero-order valence-electron chi connectivity index (χ0n) is 5.14. The van der Waals surface area contributed by atoms with Gasteiger partial charge in [0, 0.05) is 17.7 Å². The van der Waals surface area contributed by atoms with Gasteiger partial charge in [-0.15, -0.1) is 11.6 Å². The first-order valence-corrected chi connectivity index (χ1v) is 3.88. The summed E-state index contributed by atoms with van der Waals surface area (Å²) in [6.45, 7) is 0. The van der Waals surface area contributed by atoms with Gasteiger partial charge < -0.3 is 0 Å². The minimum atomic E-state index is 0.177. The predicted octanol–water partition coefficient (Wildman–Crippen LogP) is 1.59. The molecule has 50 valence electrons. The number of carbonyl (C=O) groups excluding carboxylic acids is 1. The number of alkyl halides is 1. The summed E-state index contributed by atoms with van der Waals surface area (Å²) in [5.41, 5.74) is 0. The Morgan fingerprint density at radius 3 is 2.56 bits per heavy atom. The molecule has 0 spiro atoms. The molecule has 2 rings (SSSR count). The number of fused-ring (bicyclic) bond motifs is 2. The number of halogens is 1. The average molecular weight is 145 g/mol. The fourth-order valence-electron chi connectivity index (χ4n) is 2.02. The van der Waals surface area contributed by atoms with Crippen molar-refractivity contribution >= 4 is 17.4 Å². The lowest BCUT2D eigenvalue weighted by molar-refractivity contribution is -0.121. The van der Waals surface area contributed by atoms with Crippen LogP contribution in [0.1, 0.15) is 19.3 Å². The van der Waals surface area contributed by atoms with Gasteiger partial charge in [-0.25, -0.2) is 0 Å². The molecule has 1 nitrogen and oxygen atoms in total. The lowest BCUT2D eigenvalue weighted by Gasteiger charge is -2.12. The monoisotopic (exact) mass is 144 g/mol. The van der Waals surface area contributed by atoms with Gasteiger partial charge in [-0.2, -0.15) is 0 Å². The van der Waals surface area contributed by atoms with Gasteiger partial charge in [0.05, 0.1) is 0 Å². The molecule has 0 heterocycles. The first-order valence-electron chi connectivity index (χ1n) is 3.44. The quantitative estimate of drug-likeness (QED) is 0.472. The molecule has 0 saturated heterocycles. The highest BCUT2D eigenvalue weighted by atomic mass is 35.5. The van der Waals surface area contributed by atoms with Crippen LogP contribution < -0.4 is 0 Å². The molecule has 2 aliphatic carbocycles. The van der Waals surface area contributed by atoms with Gasteiger partial charge >= 0.3 is 0 Å². The summed E-state index contributed by atoms with van der Waals surface area (Å²) < 4.78 is 0. The van der Waals surface area contributed by atoms with Crippen LogP contribution >= 0.6 is 11.6 Å². The third kappa shape index (κ3) is 0.710. The number of hydrogen-bond donors (Lipinski definition) is 0. The van der Waals surface area contributed by atoms with Gasteiger partial charge in [0.2, 0.25) is 0 Å². The SMILES string of the molecule is O=C1C[C@H]2C[C@@H](Cl)[C@@H]1C2. The van der Waals surface area contributed by atoms with E-state index in [1.54, 1.807) is 0 Å². The van der Waals surface area contributed by atoms with Crippen molar-refractivity contribution in [1.29, 1.82) is 0 Å². The summed E-state index contributed by atoms with van der Waals surface area (Å²) in [6.07, 6.45) is 2.97. The maximum Gasteiger partial charge on any atom is 0.137 e. The molecule has 2 heteroatoms. The van der Waals surface area contributed by atoms with Gasteiger partial charge in [0.1, 0.15) is 5.78 Å². The second kappa shape index (κ2) is 1.72. The standard InChI is InChI=1S/C7H9ClO/c8-6-2-4-1-5(6)7(9)3-4/h4-6H,1-3H2/t4-,5+,6-/m1/s1. The first kappa shape index (κ1) is 5.72. The number of carbonyl (C=O) groups is 1. The van der Waals surface area contributed by atoms with Crippen LogP contribution in [0.25, 0.3) is 0 Å². The van der Waals surface area contributed by atoms with Crippen molar-refractivity contribution in [3.05, 3.63) is 0 Å². The molecule has 2 saturated carbocycles. The van der Waals surface area contributed by atoms with Crippen LogP contribution in [0.5, 0.6) is 0 Å². The van der Waals surface area contributed by atoms with Gasteiger partial charge in [-0.3, -0.25) is 4.79 Å². The zero-order valence-corrected chi connectivity index (χ0v) is 5.90. The Balaban J connectivity index is 2.21. The zero-order chi connectivity index (χ0) is 6.43. The molecule has 0 unspecified atom stereocenters. The van der Waals surface area contributed by atoms with Crippen LogP contribution in [-0.4, -0.2) is 11.2 Å². The highest BCUT2D eigenvalue weighted by molar-refractivity contribution is 6.22. The lowest BCUT2D eigenvalue weighted by Crippen LogP contribution is -2.19. The topological polar surface area (TPSA) is 17.1 Å². The van der Waals surface area contributed by atoms with Crippen molar-refractivity contribution in [1.82, 2.24) is 0 Å². The molecular weight excluding hydrogens is 136 g/mol. The molecule has 0 aromatic heterocycles. The van der Waals surface area contributed by atoms with Gasteiger partial charge in [0.25, 0.3) is 0 Å².